The van der Waals surface area contributed by atoms with Gasteiger partial charge in [0.25, 0.3) is 0 Å². The van der Waals surface area contributed by atoms with Gasteiger partial charge in [0.2, 0.25) is 0 Å². The third-order valence-corrected chi connectivity index (χ3v) is 3.22. The Labute approximate surface area is 123 Å². The lowest BCUT2D eigenvalue weighted by molar-refractivity contribution is 0.483. The van der Waals surface area contributed by atoms with Gasteiger partial charge in [0, 0.05) is 6.20 Å². The van der Waals surface area contributed by atoms with Crippen LogP contribution in [0.25, 0.3) is 0 Å². The Morgan fingerprint density at radius 1 is 1.00 bits per heavy atom. The molecule has 0 spiro atoms. The molecule has 4 nitrogen and oxygen atoms in total. The van der Waals surface area contributed by atoms with E-state index in [0.29, 0.717) is 0 Å². The highest BCUT2D eigenvalue weighted by Gasteiger charge is 2.10. The van der Waals surface area contributed by atoms with Crippen LogP contribution in [-0.2, 0) is 0 Å². The summed E-state index contributed by atoms with van der Waals surface area (Å²) in [6, 6.07) is 19.7. The fourth-order valence-electron chi connectivity index (χ4n) is 2.11. The minimum absolute atomic E-state index is 0.119. The van der Waals surface area contributed by atoms with Gasteiger partial charge in [0.1, 0.15) is 5.75 Å². The van der Waals surface area contributed by atoms with Crippen LogP contribution in [0.4, 0.5) is 5.69 Å². The molecule has 0 aliphatic carbocycles. The molecule has 0 fully saturated rings. The number of nitrogens with zero attached hydrogens (tertiary/aromatic N) is 1. The summed E-state index contributed by atoms with van der Waals surface area (Å²) in [5, 5.41) is 10.4. The number of ether oxygens (including phenoxy) is 1. The van der Waals surface area contributed by atoms with Gasteiger partial charge < -0.3 is 10.1 Å². The van der Waals surface area contributed by atoms with Crippen molar-refractivity contribution >= 4 is 5.69 Å². The van der Waals surface area contributed by atoms with Crippen LogP contribution in [0, 0.1) is 0 Å². The van der Waals surface area contributed by atoms with Crippen molar-refractivity contribution in [2.24, 2.45) is 0 Å². The Morgan fingerprint density at radius 2 is 1.76 bits per heavy atom. The molecule has 0 amide bonds. The number of nitrogens with one attached hydrogen (secondary N) is 2. The molecular formula is C17H17N3O. The summed E-state index contributed by atoms with van der Waals surface area (Å²) >= 11 is 0. The molecule has 0 aliphatic rings. The Bertz CT molecular complexity index is 680. The van der Waals surface area contributed by atoms with Gasteiger partial charge in [0.15, 0.2) is 5.75 Å². The van der Waals surface area contributed by atoms with E-state index >= 15 is 0 Å². The molecule has 1 aromatic heterocycles. The maximum Gasteiger partial charge on any atom is 0.150 e. The number of H-pyrrole nitrogens is 1. The van der Waals surface area contributed by atoms with Gasteiger partial charge in [-0.05, 0) is 37.3 Å². The Hall–Kier alpha value is -2.75. The van der Waals surface area contributed by atoms with Crippen LogP contribution < -0.4 is 10.1 Å². The molecule has 21 heavy (non-hydrogen) atoms. The molecule has 1 atom stereocenters. The van der Waals surface area contributed by atoms with Crippen molar-refractivity contribution < 1.29 is 4.74 Å². The number of para-hydroxylation sites is 3. The number of hydrogen-bond acceptors (Lipinski definition) is 3. The molecule has 1 unspecified atom stereocenters. The van der Waals surface area contributed by atoms with Crippen molar-refractivity contribution in [3.63, 3.8) is 0 Å². The molecule has 2 N–H and O–H groups in total. The fraction of sp³-hybridized carbons (Fsp3) is 0.118. The predicted molar refractivity (Wildman–Crippen MR) is 83.6 cm³/mol. The maximum absolute atomic E-state index is 5.94. The molecule has 1 heterocycles. The van der Waals surface area contributed by atoms with E-state index in [0.717, 1.165) is 22.9 Å². The highest BCUT2D eigenvalue weighted by molar-refractivity contribution is 5.58. The van der Waals surface area contributed by atoms with Crippen LogP contribution >= 0.6 is 0 Å². The number of aromatic amines is 1. The predicted octanol–water partition coefficient (Wildman–Crippen LogP) is 4.38. The fourth-order valence-corrected chi connectivity index (χ4v) is 2.11. The quantitative estimate of drug-likeness (QED) is 0.729. The first-order valence-corrected chi connectivity index (χ1v) is 6.90. The van der Waals surface area contributed by atoms with E-state index in [1.807, 2.05) is 60.7 Å². The maximum atomic E-state index is 5.94. The summed E-state index contributed by atoms with van der Waals surface area (Å²) in [5.74, 6) is 1.62. The summed E-state index contributed by atoms with van der Waals surface area (Å²) in [5.41, 5.74) is 1.98. The Kier molecular flexibility index (Phi) is 3.87. The SMILES string of the molecule is CC(Nc1ccccc1Oc1ccccc1)c1ccn[nH]1. The molecule has 106 valence electrons. The van der Waals surface area contributed by atoms with Crippen molar-refractivity contribution in [2.45, 2.75) is 13.0 Å². The average molecular weight is 279 g/mol. The van der Waals surface area contributed by atoms with Gasteiger partial charge in [-0.1, -0.05) is 30.3 Å². The monoisotopic (exact) mass is 279 g/mol. The summed E-state index contributed by atoms with van der Waals surface area (Å²) in [4.78, 5) is 0. The van der Waals surface area contributed by atoms with Crippen molar-refractivity contribution in [2.75, 3.05) is 5.32 Å². The van der Waals surface area contributed by atoms with Crippen LogP contribution in [0.15, 0.2) is 66.9 Å². The highest BCUT2D eigenvalue weighted by atomic mass is 16.5. The Balaban J connectivity index is 1.79. The van der Waals surface area contributed by atoms with Crippen molar-refractivity contribution in [3.8, 4) is 11.5 Å². The normalized spacial score (nSPS) is 11.9. The van der Waals surface area contributed by atoms with Crippen LogP contribution in [0.3, 0.4) is 0 Å². The standard InChI is InChI=1S/C17H17N3O/c1-13(15-11-12-18-20-15)19-16-9-5-6-10-17(16)21-14-7-3-2-4-8-14/h2-13,19H,1H3,(H,18,20). The zero-order valence-corrected chi connectivity index (χ0v) is 11.8. The van der Waals surface area contributed by atoms with Crippen molar-refractivity contribution in [3.05, 3.63) is 72.6 Å². The minimum atomic E-state index is 0.119. The van der Waals surface area contributed by atoms with Gasteiger partial charge in [-0.2, -0.15) is 5.10 Å². The first kappa shape index (κ1) is 13.2. The van der Waals surface area contributed by atoms with E-state index in [9.17, 15) is 0 Å². The van der Waals surface area contributed by atoms with E-state index in [4.69, 9.17) is 4.74 Å². The smallest absolute Gasteiger partial charge is 0.150 e. The summed E-state index contributed by atoms with van der Waals surface area (Å²) in [6.07, 6.45) is 1.75. The number of hydrogen-bond donors (Lipinski definition) is 2. The van der Waals surface area contributed by atoms with Gasteiger partial charge in [-0.25, -0.2) is 0 Å². The van der Waals surface area contributed by atoms with Gasteiger partial charge >= 0.3 is 0 Å². The van der Waals surface area contributed by atoms with E-state index in [1.54, 1.807) is 6.20 Å². The molecule has 0 radical (unpaired) electrons. The zero-order valence-electron chi connectivity index (χ0n) is 11.8. The minimum Gasteiger partial charge on any atom is -0.455 e. The number of benzene rings is 2. The van der Waals surface area contributed by atoms with E-state index < -0.39 is 0 Å². The van der Waals surface area contributed by atoms with Crippen LogP contribution in [0.2, 0.25) is 0 Å². The Morgan fingerprint density at radius 3 is 2.52 bits per heavy atom. The first-order valence-electron chi connectivity index (χ1n) is 6.90. The molecule has 0 saturated heterocycles. The zero-order chi connectivity index (χ0) is 14.5. The van der Waals surface area contributed by atoms with Crippen LogP contribution in [-0.4, -0.2) is 10.2 Å². The molecular weight excluding hydrogens is 262 g/mol. The number of anilines is 1. The molecule has 0 bridgehead atoms. The number of aromatic nitrogens is 2. The van der Waals surface area contributed by atoms with Crippen molar-refractivity contribution in [1.29, 1.82) is 0 Å². The third kappa shape index (κ3) is 3.23. The summed E-state index contributed by atoms with van der Waals surface area (Å²) in [7, 11) is 0. The van der Waals surface area contributed by atoms with E-state index in [-0.39, 0.29) is 6.04 Å². The lowest BCUT2D eigenvalue weighted by Crippen LogP contribution is -2.07. The second-order valence-electron chi connectivity index (χ2n) is 4.79. The van der Waals surface area contributed by atoms with Gasteiger partial charge in [0.05, 0.1) is 17.4 Å². The van der Waals surface area contributed by atoms with E-state index in [1.165, 1.54) is 0 Å². The van der Waals surface area contributed by atoms with Gasteiger partial charge in [-0.3, -0.25) is 5.10 Å². The van der Waals surface area contributed by atoms with Crippen LogP contribution in [0.5, 0.6) is 11.5 Å². The second-order valence-corrected chi connectivity index (χ2v) is 4.79. The first-order chi connectivity index (χ1) is 10.3. The molecule has 4 heteroatoms. The molecule has 0 saturated carbocycles. The summed E-state index contributed by atoms with van der Waals surface area (Å²) in [6.45, 7) is 2.08. The number of rotatable bonds is 5. The summed E-state index contributed by atoms with van der Waals surface area (Å²) < 4.78 is 5.94. The molecule has 3 rings (SSSR count). The van der Waals surface area contributed by atoms with E-state index in [2.05, 4.69) is 22.4 Å². The molecule has 3 aromatic rings. The third-order valence-electron chi connectivity index (χ3n) is 3.22. The topological polar surface area (TPSA) is 49.9 Å². The van der Waals surface area contributed by atoms with Crippen molar-refractivity contribution in [1.82, 2.24) is 10.2 Å². The van der Waals surface area contributed by atoms with Crippen LogP contribution in [0.1, 0.15) is 18.7 Å². The molecule has 2 aromatic carbocycles. The molecule has 0 aliphatic heterocycles. The lowest BCUT2D eigenvalue weighted by atomic mass is 10.2. The average Bonchev–Trinajstić information content (AvgIpc) is 3.05. The lowest BCUT2D eigenvalue weighted by Gasteiger charge is -2.17. The largest absolute Gasteiger partial charge is 0.455 e. The second kappa shape index (κ2) is 6.13. The van der Waals surface area contributed by atoms with Gasteiger partial charge in [-0.15, -0.1) is 0 Å². The highest BCUT2D eigenvalue weighted by Crippen LogP contribution is 2.31.